The summed E-state index contributed by atoms with van der Waals surface area (Å²) in [7, 11) is 0. The van der Waals surface area contributed by atoms with Crippen molar-refractivity contribution in [3.63, 3.8) is 0 Å². The van der Waals surface area contributed by atoms with Crippen LogP contribution in [0.5, 0.6) is 0 Å². The van der Waals surface area contributed by atoms with Crippen LogP contribution in [0, 0.1) is 0 Å². The minimum Gasteiger partial charge on any atom is -0.397 e. The molecule has 0 bridgehead atoms. The van der Waals surface area contributed by atoms with Crippen LogP contribution in [0.25, 0.3) is 0 Å². The molecule has 4 N–H and O–H groups in total. The number of benzene rings is 1. The van der Waals surface area contributed by atoms with Crippen LogP contribution in [0.15, 0.2) is 34.9 Å². The first kappa shape index (κ1) is 12.0. The topological polar surface area (TPSA) is 70.9 Å². The Kier molecular flexibility index (Phi) is 3.40. The van der Waals surface area contributed by atoms with Crippen LogP contribution in [0.4, 0.5) is 11.4 Å². The van der Waals surface area contributed by atoms with E-state index in [2.05, 4.69) is 26.2 Å². The van der Waals surface area contributed by atoms with Gasteiger partial charge < -0.3 is 16.0 Å². The Hall–Kier alpha value is -1.46. The molecule has 0 aliphatic carbocycles. The van der Waals surface area contributed by atoms with Gasteiger partial charge in [0.25, 0.3) is 5.91 Å². The second-order valence-electron chi connectivity index (χ2n) is 3.42. The third-order valence-electron chi connectivity index (χ3n) is 2.13. The van der Waals surface area contributed by atoms with E-state index in [0.717, 1.165) is 4.47 Å². The second-order valence-corrected chi connectivity index (χ2v) is 4.75. The van der Waals surface area contributed by atoms with Gasteiger partial charge in [-0.25, -0.2) is 0 Å². The van der Waals surface area contributed by atoms with Crippen LogP contribution < -0.4 is 11.1 Å². The van der Waals surface area contributed by atoms with Crippen LogP contribution in [0.1, 0.15) is 10.5 Å². The lowest BCUT2D eigenvalue weighted by molar-refractivity contribution is 0.102. The number of hydrogen-bond acceptors (Lipinski definition) is 2. The first-order chi connectivity index (χ1) is 8.06. The maximum absolute atomic E-state index is 11.8. The lowest BCUT2D eigenvalue weighted by Crippen LogP contribution is -2.12. The van der Waals surface area contributed by atoms with Gasteiger partial charge >= 0.3 is 0 Å². The molecular formula is C11H9BrClN3O. The number of carbonyl (C=O) groups excluding carboxylic acids is 1. The van der Waals surface area contributed by atoms with Gasteiger partial charge in [-0.05, 0) is 24.3 Å². The summed E-state index contributed by atoms with van der Waals surface area (Å²) in [5.41, 5.74) is 6.97. The van der Waals surface area contributed by atoms with E-state index < -0.39 is 0 Å². The SMILES string of the molecule is Nc1c[nH]c(C(=O)Nc2ccc(Br)cc2Cl)c1. The number of hydrogen-bond donors (Lipinski definition) is 3. The number of carbonyl (C=O) groups is 1. The van der Waals surface area contributed by atoms with Crippen molar-refractivity contribution in [2.24, 2.45) is 0 Å². The average molecular weight is 315 g/mol. The van der Waals surface area contributed by atoms with Crippen LogP contribution in [-0.2, 0) is 0 Å². The number of nitrogens with one attached hydrogen (secondary N) is 2. The predicted octanol–water partition coefficient (Wildman–Crippen LogP) is 3.27. The number of H-pyrrole nitrogens is 1. The molecule has 0 atom stereocenters. The van der Waals surface area contributed by atoms with Gasteiger partial charge in [0.15, 0.2) is 0 Å². The fraction of sp³-hybridized carbons (Fsp3) is 0. The van der Waals surface area contributed by atoms with Gasteiger partial charge in [0, 0.05) is 16.4 Å². The fourth-order valence-electron chi connectivity index (χ4n) is 1.32. The molecule has 88 valence electrons. The molecule has 0 unspecified atom stereocenters. The van der Waals surface area contributed by atoms with Crippen LogP contribution >= 0.6 is 27.5 Å². The highest BCUT2D eigenvalue weighted by molar-refractivity contribution is 9.10. The van der Waals surface area contributed by atoms with Crippen LogP contribution in [0.3, 0.4) is 0 Å². The van der Waals surface area contributed by atoms with Crippen molar-refractivity contribution in [2.75, 3.05) is 11.1 Å². The summed E-state index contributed by atoms with van der Waals surface area (Å²) in [5.74, 6) is -0.286. The zero-order valence-electron chi connectivity index (χ0n) is 8.63. The number of rotatable bonds is 2. The van der Waals surface area contributed by atoms with E-state index in [1.165, 1.54) is 0 Å². The zero-order chi connectivity index (χ0) is 12.4. The molecular weight excluding hydrogens is 305 g/mol. The van der Waals surface area contributed by atoms with Crippen molar-refractivity contribution in [3.8, 4) is 0 Å². The minimum absolute atomic E-state index is 0.286. The molecule has 1 aromatic carbocycles. The summed E-state index contributed by atoms with van der Waals surface area (Å²) >= 11 is 9.28. The number of halogens is 2. The Balaban J connectivity index is 2.18. The molecule has 6 heteroatoms. The van der Waals surface area contributed by atoms with E-state index in [9.17, 15) is 4.79 Å². The van der Waals surface area contributed by atoms with E-state index >= 15 is 0 Å². The molecule has 0 spiro atoms. The fourth-order valence-corrected chi connectivity index (χ4v) is 2.04. The van der Waals surface area contributed by atoms with Crippen molar-refractivity contribution in [3.05, 3.63) is 45.7 Å². The Morgan fingerprint density at radius 3 is 2.76 bits per heavy atom. The number of anilines is 2. The van der Waals surface area contributed by atoms with Gasteiger partial charge in [-0.1, -0.05) is 27.5 Å². The summed E-state index contributed by atoms with van der Waals surface area (Å²) in [5, 5.41) is 3.15. The summed E-state index contributed by atoms with van der Waals surface area (Å²) in [6.45, 7) is 0. The lowest BCUT2D eigenvalue weighted by Gasteiger charge is -2.06. The normalized spacial score (nSPS) is 10.2. The zero-order valence-corrected chi connectivity index (χ0v) is 11.0. The monoisotopic (exact) mass is 313 g/mol. The highest BCUT2D eigenvalue weighted by Crippen LogP contribution is 2.26. The molecule has 0 aliphatic heterocycles. The molecule has 1 heterocycles. The molecule has 0 aliphatic rings. The number of aromatic amines is 1. The highest BCUT2D eigenvalue weighted by atomic mass is 79.9. The number of nitrogens with two attached hydrogens (primary N) is 1. The lowest BCUT2D eigenvalue weighted by atomic mass is 10.3. The summed E-state index contributed by atoms with van der Waals surface area (Å²) in [4.78, 5) is 14.6. The van der Waals surface area contributed by atoms with Crippen molar-refractivity contribution in [1.29, 1.82) is 0 Å². The van der Waals surface area contributed by atoms with E-state index in [-0.39, 0.29) is 5.91 Å². The molecule has 2 aromatic rings. The third kappa shape index (κ3) is 2.81. The molecule has 0 saturated carbocycles. The maximum Gasteiger partial charge on any atom is 0.272 e. The summed E-state index contributed by atoms with van der Waals surface area (Å²) in [6.07, 6.45) is 1.55. The standard InChI is InChI=1S/C11H9BrClN3O/c12-6-1-2-9(8(13)3-6)16-11(17)10-4-7(14)5-15-10/h1-5,15H,14H2,(H,16,17). The summed E-state index contributed by atoms with van der Waals surface area (Å²) in [6, 6.07) is 6.78. The molecule has 17 heavy (non-hydrogen) atoms. The predicted molar refractivity (Wildman–Crippen MR) is 72.3 cm³/mol. The van der Waals surface area contributed by atoms with Crippen molar-refractivity contribution < 1.29 is 4.79 Å². The van der Waals surface area contributed by atoms with E-state index in [1.54, 1.807) is 30.5 Å². The number of amides is 1. The van der Waals surface area contributed by atoms with Crippen LogP contribution in [-0.4, -0.2) is 10.9 Å². The Bertz CT molecular complexity index is 568. The van der Waals surface area contributed by atoms with Crippen LogP contribution in [0.2, 0.25) is 5.02 Å². The highest BCUT2D eigenvalue weighted by Gasteiger charge is 2.10. The van der Waals surface area contributed by atoms with E-state index in [1.807, 2.05) is 0 Å². The van der Waals surface area contributed by atoms with Gasteiger partial charge in [-0.2, -0.15) is 0 Å². The first-order valence-corrected chi connectivity index (χ1v) is 5.93. The van der Waals surface area contributed by atoms with E-state index in [0.29, 0.717) is 22.1 Å². The quantitative estimate of drug-likeness (QED) is 0.796. The first-order valence-electron chi connectivity index (χ1n) is 4.76. The molecule has 1 aromatic heterocycles. The third-order valence-corrected chi connectivity index (χ3v) is 2.94. The Morgan fingerprint density at radius 2 is 2.18 bits per heavy atom. The van der Waals surface area contributed by atoms with Crippen molar-refractivity contribution >= 4 is 44.8 Å². The Labute approximate surface area is 111 Å². The van der Waals surface area contributed by atoms with Crippen molar-refractivity contribution in [1.82, 2.24) is 4.98 Å². The smallest absolute Gasteiger partial charge is 0.272 e. The molecule has 2 rings (SSSR count). The Morgan fingerprint density at radius 1 is 1.41 bits per heavy atom. The van der Waals surface area contributed by atoms with Gasteiger partial charge in [0.1, 0.15) is 5.69 Å². The molecule has 4 nitrogen and oxygen atoms in total. The largest absolute Gasteiger partial charge is 0.397 e. The van der Waals surface area contributed by atoms with Crippen molar-refractivity contribution in [2.45, 2.75) is 0 Å². The summed E-state index contributed by atoms with van der Waals surface area (Å²) < 4.78 is 0.851. The molecule has 1 amide bonds. The number of aromatic nitrogens is 1. The maximum atomic E-state index is 11.8. The molecule has 0 fully saturated rings. The van der Waals surface area contributed by atoms with Gasteiger partial charge in [-0.3, -0.25) is 4.79 Å². The van der Waals surface area contributed by atoms with Gasteiger partial charge in [0.05, 0.1) is 10.7 Å². The number of nitrogen functional groups attached to an aromatic ring is 1. The van der Waals surface area contributed by atoms with E-state index in [4.69, 9.17) is 17.3 Å². The second kappa shape index (κ2) is 4.81. The average Bonchev–Trinajstić information content (AvgIpc) is 2.69. The van der Waals surface area contributed by atoms with Gasteiger partial charge in [-0.15, -0.1) is 0 Å². The molecule has 0 radical (unpaired) electrons. The molecule has 0 saturated heterocycles. The minimum atomic E-state index is -0.286. The van der Waals surface area contributed by atoms with Gasteiger partial charge in [0.2, 0.25) is 0 Å².